The monoisotopic (exact) mass is 562 g/mol. The van der Waals surface area contributed by atoms with Crippen LogP contribution < -0.4 is 9.47 Å². The van der Waals surface area contributed by atoms with Crippen molar-refractivity contribution in [2.24, 2.45) is 0 Å². The number of carbonyl (C=O) groups excluding carboxylic acids is 2. The van der Waals surface area contributed by atoms with E-state index in [2.05, 4.69) is 13.8 Å². The Morgan fingerprint density at radius 3 is 1.50 bits per heavy atom. The average Bonchev–Trinajstić information content (AvgIpc) is 2.97. The second kappa shape index (κ2) is 17.6. The second-order valence-electron chi connectivity index (χ2n) is 10.4. The molecule has 3 rings (SSSR count). The van der Waals surface area contributed by atoms with Crippen LogP contribution in [0.4, 0.5) is 0 Å². The molecule has 0 bridgehead atoms. The molecule has 5 heteroatoms. The molecule has 0 saturated carbocycles. The Kier molecular flexibility index (Phi) is 13.8. The van der Waals surface area contributed by atoms with Crippen molar-refractivity contribution in [2.45, 2.75) is 97.3 Å². The van der Waals surface area contributed by atoms with Gasteiger partial charge in [0.05, 0.1) is 16.1 Å². The summed E-state index contributed by atoms with van der Waals surface area (Å²) >= 11 is 6.35. The van der Waals surface area contributed by atoms with E-state index in [1.807, 2.05) is 24.3 Å². The fraction of sp³-hybridized carbons (Fsp3) is 0.429. The Labute approximate surface area is 245 Å². The molecule has 0 aromatic heterocycles. The van der Waals surface area contributed by atoms with Gasteiger partial charge in [-0.05, 0) is 73.2 Å². The van der Waals surface area contributed by atoms with Crippen molar-refractivity contribution >= 4 is 23.5 Å². The predicted molar refractivity (Wildman–Crippen MR) is 164 cm³/mol. The maximum atomic E-state index is 12.7. The molecule has 40 heavy (non-hydrogen) atoms. The Balaban J connectivity index is 1.47. The maximum Gasteiger partial charge on any atom is 0.343 e. The van der Waals surface area contributed by atoms with E-state index < -0.39 is 11.9 Å². The number of hydrogen-bond donors (Lipinski definition) is 0. The number of esters is 2. The summed E-state index contributed by atoms with van der Waals surface area (Å²) in [5.41, 5.74) is 3.37. The van der Waals surface area contributed by atoms with E-state index in [1.165, 1.54) is 81.0 Å². The Morgan fingerprint density at radius 1 is 0.575 bits per heavy atom. The highest BCUT2D eigenvalue weighted by Crippen LogP contribution is 2.30. The van der Waals surface area contributed by atoms with Crippen LogP contribution in [0.3, 0.4) is 0 Å². The summed E-state index contributed by atoms with van der Waals surface area (Å²) in [6, 6.07) is 19.7. The minimum Gasteiger partial charge on any atom is -0.423 e. The van der Waals surface area contributed by atoms with Gasteiger partial charge in [0.15, 0.2) is 0 Å². The first-order valence-corrected chi connectivity index (χ1v) is 15.3. The van der Waals surface area contributed by atoms with Gasteiger partial charge in [-0.2, -0.15) is 0 Å². The van der Waals surface area contributed by atoms with Crippen LogP contribution in [0, 0.1) is 0 Å². The van der Waals surface area contributed by atoms with Gasteiger partial charge in [0.2, 0.25) is 0 Å². The summed E-state index contributed by atoms with van der Waals surface area (Å²) in [7, 11) is 0. The summed E-state index contributed by atoms with van der Waals surface area (Å²) < 4.78 is 11.0. The van der Waals surface area contributed by atoms with Crippen molar-refractivity contribution in [3.05, 3.63) is 94.0 Å². The number of halogens is 1. The summed E-state index contributed by atoms with van der Waals surface area (Å²) in [5.74, 6) is -0.445. The number of benzene rings is 3. The predicted octanol–water partition coefficient (Wildman–Crippen LogP) is 10.2. The second-order valence-corrected chi connectivity index (χ2v) is 10.9. The third-order valence-electron chi connectivity index (χ3n) is 7.08. The van der Waals surface area contributed by atoms with Gasteiger partial charge < -0.3 is 9.47 Å². The smallest absolute Gasteiger partial charge is 0.343 e. The molecule has 0 unspecified atom stereocenters. The van der Waals surface area contributed by atoms with Crippen LogP contribution in [0.2, 0.25) is 5.02 Å². The minimum absolute atomic E-state index is 0.191. The van der Waals surface area contributed by atoms with Crippen LogP contribution in [0.25, 0.3) is 0 Å². The number of unbranched alkanes of at least 4 members (excludes halogenated alkanes) is 9. The number of ether oxygens (including phenoxy) is 2. The highest BCUT2D eigenvalue weighted by atomic mass is 35.5. The van der Waals surface area contributed by atoms with Gasteiger partial charge in [0.25, 0.3) is 0 Å². The topological polar surface area (TPSA) is 52.6 Å². The quantitative estimate of drug-likeness (QED) is 0.0932. The number of rotatable bonds is 17. The zero-order valence-electron chi connectivity index (χ0n) is 24.1. The summed E-state index contributed by atoms with van der Waals surface area (Å²) in [6.07, 6.45) is 15.8. The van der Waals surface area contributed by atoms with E-state index in [4.69, 9.17) is 21.1 Å². The average molecular weight is 563 g/mol. The van der Waals surface area contributed by atoms with Crippen LogP contribution in [0.5, 0.6) is 11.5 Å². The van der Waals surface area contributed by atoms with Gasteiger partial charge in [-0.1, -0.05) is 108 Å². The number of aryl methyl sites for hydroxylation is 2. The maximum absolute atomic E-state index is 12.7. The first-order chi connectivity index (χ1) is 19.5. The molecular formula is C35H43ClO4. The molecule has 0 aliphatic heterocycles. The fourth-order valence-corrected chi connectivity index (χ4v) is 4.82. The normalized spacial score (nSPS) is 10.9. The Morgan fingerprint density at radius 2 is 1.02 bits per heavy atom. The molecule has 3 aromatic carbocycles. The van der Waals surface area contributed by atoms with Crippen LogP contribution in [-0.2, 0) is 12.8 Å². The summed E-state index contributed by atoms with van der Waals surface area (Å²) in [6.45, 7) is 4.44. The Bertz CT molecular complexity index is 1190. The van der Waals surface area contributed by atoms with Crippen LogP contribution >= 0.6 is 11.6 Å². The molecule has 3 aromatic rings. The van der Waals surface area contributed by atoms with Crippen LogP contribution in [0.15, 0.2) is 66.7 Å². The third kappa shape index (κ3) is 10.8. The molecule has 0 spiro atoms. The van der Waals surface area contributed by atoms with Crippen molar-refractivity contribution in [1.82, 2.24) is 0 Å². The van der Waals surface area contributed by atoms with Gasteiger partial charge >= 0.3 is 11.9 Å². The number of carbonyl (C=O) groups is 2. The molecule has 0 N–H and O–H groups in total. The lowest BCUT2D eigenvalue weighted by molar-refractivity contribution is 0.0719. The SMILES string of the molecule is CCCCCCCCc1ccc(C(=O)Oc2ccc(OC(=O)c3ccc(CCCCCCC)cc3)cc2Cl)cc1. The highest BCUT2D eigenvalue weighted by Gasteiger charge is 2.14. The van der Waals surface area contributed by atoms with E-state index in [9.17, 15) is 9.59 Å². The van der Waals surface area contributed by atoms with E-state index in [-0.39, 0.29) is 16.5 Å². The van der Waals surface area contributed by atoms with Crippen molar-refractivity contribution < 1.29 is 19.1 Å². The van der Waals surface area contributed by atoms with E-state index in [1.54, 1.807) is 30.3 Å². The molecular weight excluding hydrogens is 520 g/mol. The highest BCUT2D eigenvalue weighted by molar-refractivity contribution is 6.32. The van der Waals surface area contributed by atoms with Crippen LogP contribution in [-0.4, -0.2) is 11.9 Å². The lowest BCUT2D eigenvalue weighted by Crippen LogP contribution is -2.10. The molecule has 0 fully saturated rings. The van der Waals surface area contributed by atoms with Crippen molar-refractivity contribution in [3.8, 4) is 11.5 Å². The van der Waals surface area contributed by atoms with Crippen molar-refractivity contribution in [3.63, 3.8) is 0 Å². The van der Waals surface area contributed by atoms with Gasteiger partial charge in [-0.25, -0.2) is 9.59 Å². The molecule has 0 heterocycles. The van der Waals surface area contributed by atoms with Gasteiger partial charge in [0.1, 0.15) is 11.5 Å². The van der Waals surface area contributed by atoms with Gasteiger partial charge in [0, 0.05) is 6.07 Å². The first-order valence-electron chi connectivity index (χ1n) is 14.9. The minimum atomic E-state index is -0.483. The van der Waals surface area contributed by atoms with Crippen molar-refractivity contribution in [2.75, 3.05) is 0 Å². The largest absolute Gasteiger partial charge is 0.423 e. The first kappa shape index (κ1) is 31.4. The van der Waals surface area contributed by atoms with Gasteiger partial charge in [-0.15, -0.1) is 0 Å². The molecule has 0 aliphatic carbocycles. The zero-order chi connectivity index (χ0) is 28.6. The molecule has 214 valence electrons. The lowest BCUT2D eigenvalue weighted by atomic mass is 10.0. The molecule has 0 aliphatic rings. The zero-order valence-corrected chi connectivity index (χ0v) is 24.8. The molecule has 0 saturated heterocycles. The Hall–Kier alpha value is -3.11. The summed E-state index contributed by atoms with van der Waals surface area (Å²) in [5, 5.41) is 0.191. The molecule has 4 nitrogen and oxygen atoms in total. The summed E-state index contributed by atoms with van der Waals surface area (Å²) in [4.78, 5) is 25.3. The molecule has 0 atom stereocenters. The van der Waals surface area contributed by atoms with Crippen LogP contribution in [0.1, 0.15) is 116 Å². The molecule has 0 amide bonds. The fourth-order valence-electron chi connectivity index (χ4n) is 4.61. The van der Waals surface area contributed by atoms with Crippen molar-refractivity contribution in [1.29, 1.82) is 0 Å². The van der Waals surface area contributed by atoms with E-state index in [0.717, 1.165) is 25.7 Å². The molecule has 0 radical (unpaired) electrons. The van der Waals surface area contributed by atoms with E-state index >= 15 is 0 Å². The van der Waals surface area contributed by atoms with Gasteiger partial charge in [-0.3, -0.25) is 0 Å². The standard InChI is InChI=1S/C35H43ClO4/c1-3-5-7-9-11-13-15-28-18-22-30(23-19-28)35(38)40-33-25-24-31(26-32(33)36)39-34(37)29-20-16-27(17-21-29)14-12-10-8-6-4-2/h16-26H,3-15H2,1-2H3. The lowest BCUT2D eigenvalue weighted by Gasteiger charge is -2.10. The van der Waals surface area contributed by atoms with E-state index in [0.29, 0.717) is 11.1 Å². The third-order valence-corrected chi connectivity index (χ3v) is 7.38. The number of hydrogen-bond acceptors (Lipinski definition) is 4.